The predicted molar refractivity (Wildman–Crippen MR) is 154 cm³/mol. The molecule has 0 aliphatic heterocycles. The van der Waals surface area contributed by atoms with Crippen molar-refractivity contribution in [1.29, 1.82) is 0 Å². The van der Waals surface area contributed by atoms with Crippen LogP contribution in [0, 0.1) is 28.6 Å². The van der Waals surface area contributed by atoms with E-state index >= 15 is 0 Å². The first kappa shape index (κ1) is 33.0. The third-order valence-electron chi connectivity index (χ3n) is 10.9. The van der Waals surface area contributed by atoms with Gasteiger partial charge in [0.15, 0.2) is 17.7 Å². The van der Waals surface area contributed by atoms with Gasteiger partial charge in [-0.3, -0.25) is 19.2 Å². The number of carbonyl (C=O) groups is 4. The lowest BCUT2D eigenvalue weighted by molar-refractivity contribution is -0.266. The van der Waals surface area contributed by atoms with Gasteiger partial charge in [0.25, 0.3) is 0 Å². The summed E-state index contributed by atoms with van der Waals surface area (Å²) < 4.78 is 11.3. The molecule has 10 nitrogen and oxygen atoms in total. The third kappa shape index (κ3) is 4.96. The molecule has 0 amide bonds. The van der Waals surface area contributed by atoms with Gasteiger partial charge in [-0.15, -0.1) is 0 Å². The molecular weight excluding hydrogens is 556 g/mol. The molecule has 0 saturated heterocycles. The van der Waals surface area contributed by atoms with E-state index < -0.39 is 82.4 Å². The molecule has 4 N–H and O–H groups in total. The highest BCUT2D eigenvalue weighted by atomic mass is 16.6. The van der Waals surface area contributed by atoms with Crippen molar-refractivity contribution in [3.05, 3.63) is 47.0 Å². The zero-order valence-corrected chi connectivity index (χ0v) is 25.9. The van der Waals surface area contributed by atoms with Gasteiger partial charge in [0.1, 0.15) is 11.7 Å². The quantitative estimate of drug-likeness (QED) is 0.216. The number of ketones is 2. The van der Waals surface area contributed by atoms with Gasteiger partial charge in [-0.1, -0.05) is 58.0 Å². The van der Waals surface area contributed by atoms with Crippen molar-refractivity contribution in [2.75, 3.05) is 6.61 Å². The molecule has 236 valence electrons. The highest BCUT2D eigenvalue weighted by Crippen LogP contribution is 2.65. The molecular formula is C33H44O10. The number of ether oxygens (including phenoxy) is 2. The zero-order valence-electron chi connectivity index (χ0n) is 25.9. The Labute approximate surface area is 252 Å². The molecule has 2 saturated carbocycles. The van der Waals surface area contributed by atoms with Crippen LogP contribution in [0.4, 0.5) is 0 Å². The second-order valence-electron chi connectivity index (χ2n) is 13.5. The van der Waals surface area contributed by atoms with Gasteiger partial charge in [-0.25, -0.2) is 0 Å². The van der Waals surface area contributed by atoms with Crippen LogP contribution in [-0.4, -0.2) is 80.1 Å². The van der Waals surface area contributed by atoms with Crippen molar-refractivity contribution in [2.45, 2.75) is 97.2 Å². The summed E-state index contributed by atoms with van der Waals surface area (Å²) in [5, 5.41) is 47.6. The molecule has 0 radical (unpaired) electrons. The van der Waals surface area contributed by atoms with Gasteiger partial charge < -0.3 is 29.9 Å². The lowest BCUT2D eigenvalue weighted by atomic mass is 9.41. The summed E-state index contributed by atoms with van der Waals surface area (Å²) in [5.41, 5.74) is -6.28. The fourth-order valence-corrected chi connectivity index (χ4v) is 8.46. The van der Waals surface area contributed by atoms with Gasteiger partial charge in [-0.2, -0.15) is 0 Å². The molecule has 43 heavy (non-hydrogen) atoms. The lowest BCUT2D eigenvalue weighted by Crippen LogP contribution is -2.75. The van der Waals surface area contributed by atoms with Crippen LogP contribution in [0.25, 0.3) is 0 Å². The third-order valence-corrected chi connectivity index (χ3v) is 10.9. The highest BCUT2D eigenvalue weighted by Gasteiger charge is 2.73. The van der Waals surface area contributed by atoms with Gasteiger partial charge in [-0.05, 0) is 30.4 Å². The first-order chi connectivity index (χ1) is 19.9. The Morgan fingerprint density at radius 2 is 1.58 bits per heavy atom. The van der Waals surface area contributed by atoms with Crippen LogP contribution in [0.15, 0.2) is 41.5 Å². The Kier molecular flexibility index (Phi) is 8.60. The molecule has 3 aliphatic carbocycles. The zero-order chi connectivity index (χ0) is 32.3. The number of fused-ring (bicyclic) bond motifs is 3. The van der Waals surface area contributed by atoms with Crippen LogP contribution in [0.1, 0.15) is 78.1 Å². The number of Topliss-reactive ketones (excluding diaryl/α,β-unsaturated/α-hetero) is 2. The van der Waals surface area contributed by atoms with Crippen LogP contribution < -0.4 is 0 Å². The Bertz CT molecular complexity index is 1330. The van der Waals surface area contributed by atoms with Crippen LogP contribution in [0.2, 0.25) is 0 Å². The summed E-state index contributed by atoms with van der Waals surface area (Å²) >= 11 is 0. The van der Waals surface area contributed by atoms with Gasteiger partial charge in [0, 0.05) is 54.9 Å². The Morgan fingerprint density at radius 3 is 2.12 bits per heavy atom. The maximum absolute atomic E-state index is 14.9. The standard InChI is InChI=1S/C33H44O10/c1-17-13-25(42-19(3)35)32(40,16-34)28-22(14-23(37)21-11-9-8-10-12-21)33(41)15-24(38)18(2)26(30(33,5)6)27(43-20(4)36)29(39)31(17,28)7/h8-12,17,22,24-25,27-28,34,38,40-41H,13-16H2,1-7H3/t17?,22-,24-,25-,27+,28?,31+,32-,33+/m0/s1. The van der Waals surface area contributed by atoms with Crippen LogP contribution in [0.5, 0.6) is 0 Å². The van der Waals surface area contributed by atoms with Crippen LogP contribution in [-0.2, 0) is 23.9 Å². The molecule has 3 aliphatic rings. The smallest absolute Gasteiger partial charge is 0.303 e. The highest BCUT2D eigenvalue weighted by molar-refractivity contribution is 5.97. The van der Waals surface area contributed by atoms with Crippen molar-refractivity contribution in [3.8, 4) is 0 Å². The monoisotopic (exact) mass is 600 g/mol. The molecule has 2 unspecified atom stereocenters. The molecule has 1 aromatic carbocycles. The number of carbonyl (C=O) groups excluding carboxylic acids is 4. The Morgan fingerprint density at radius 1 is 1.00 bits per heavy atom. The van der Waals surface area contributed by atoms with E-state index in [4.69, 9.17) is 9.47 Å². The first-order valence-corrected chi connectivity index (χ1v) is 14.8. The molecule has 4 rings (SSSR count). The van der Waals surface area contributed by atoms with Crippen molar-refractivity contribution in [2.24, 2.45) is 28.6 Å². The second kappa shape index (κ2) is 11.2. The average molecular weight is 601 g/mol. The van der Waals surface area contributed by atoms with E-state index in [-0.39, 0.29) is 30.6 Å². The topological polar surface area (TPSA) is 168 Å². The number of benzene rings is 1. The van der Waals surface area contributed by atoms with Crippen molar-refractivity contribution >= 4 is 23.5 Å². The molecule has 0 heterocycles. The maximum atomic E-state index is 14.9. The number of hydrogen-bond donors (Lipinski definition) is 4. The molecule has 10 heteroatoms. The predicted octanol–water partition coefficient (Wildman–Crippen LogP) is 2.55. The second-order valence-corrected chi connectivity index (χ2v) is 13.5. The summed E-state index contributed by atoms with van der Waals surface area (Å²) in [6.45, 7) is 9.66. The fraction of sp³-hybridized carbons (Fsp3) is 0.636. The van der Waals surface area contributed by atoms with Crippen molar-refractivity contribution < 1.29 is 49.1 Å². The number of aliphatic hydroxyl groups is 4. The first-order valence-electron chi connectivity index (χ1n) is 14.8. The van der Waals surface area contributed by atoms with Crippen molar-refractivity contribution in [3.63, 3.8) is 0 Å². The minimum absolute atomic E-state index is 0.0238. The Hall–Kier alpha value is -2.92. The summed E-state index contributed by atoms with van der Waals surface area (Å²) in [5.74, 6) is -5.70. The van der Waals surface area contributed by atoms with Crippen LogP contribution >= 0.6 is 0 Å². The lowest BCUT2D eigenvalue weighted by Gasteiger charge is -2.65. The summed E-state index contributed by atoms with van der Waals surface area (Å²) in [7, 11) is 0. The van der Waals surface area contributed by atoms with E-state index in [0.717, 1.165) is 6.92 Å². The minimum Gasteiger partial charge on any atom is -0.459 e. The average Bonchev–Trinajstić information content (AvgIpc) is 2.93. The number of hydrogen-bond acceptors (Lipinski definition) is 10. The van der Waals surface area contributed by atoms with Gasteiger partial charge in [0.05, 0.1) is 18.3 Å². The normalized spacial score (nSPS) is 38.8. The molecule has 2 bridgehead atoms. The SMILES string of the molecule is CC(=O)O[C@H]1C(=O)[C@]2(C)C(C)C[C@H](OC(C)=O)[C@@](O)(CO)C2[C@H](CC(=O)c2ccccc2)[C@]2(O)C[C@H](O)C(C)=C1C2(C)C. The summed E-state index contributed by atoms with van der Waals surface area (Å²) in [4.78, 5) is 53.5. The van der Waals surface area contributed by atoms with Gasteiger partial charge >= 0.3 is 11.9 Å². The molecule has 0 aromatic heterocycles. The van der Waals surface area contributed by atoms with E-state index in [9.17, 15) is 39.6 Å². The van der Waals surface area contributed by atoms with E-state index in [2.05, 4.69) is 0 Å². The fourth-order valence-electron chi connectivity index (χ4n) is 8.46. The van der Waals surface area contributed by atoms with Crippen molar-refractivity contribution in [1.82, 2.24) is 0 Å². The number of esters is 2. The van der Waals surface area contributed by atoms with E-state index in [1.807, 2.05) is 0 Å². The van der Waals surface area contributed by atoms with E-state index in [0.29, 0.717) is 11.1 Å². The summed E-state index contributed by atoms with van der Waals surface area (Å²) in [6.07, 6.45) is -4.73. The van der Waals surface area contributed by atoms with Gasteiger partial charge in [0.2, 0.25) is 0 Å². The molecule has 0 spiro atoms. The molecule has 2 fully saturated rings. The number of aliphatic hydroxyl groups excluding tert-OH is 2. The molecule has 1 aromatic rings. The largest absolute Gasteiger partial charge is 0.459 e. The van der Waals surface area contributed by atoms with Crippen LogP contribution in [0.3, 0.4) is 0 Å². The maximum Gasteiger partial charge on any atom is 0.303 e. The molecule has 9 atom stereocenters. The van der Waals surface area contributed by atoms with E-state index in [1.54, 1.807) is 65.0 Å². The Balaban J connectivity index is 2.11. The number of rotatable bonds is 6. The summed E-state index contributed by atoms with van der Waals surface area (Å²) in [6, 6.07) is 8.38. The van der Waals surface area contributed by atoms with E-state index in [1.165, 1.54) is 6.92 Å². The minimum atomic E-state index is -2.30.